The molecule has 27 heavy (non-hydrogen) atoms. The van der Waals surface area contributed by atoms with Crippen molar-refractivity contribution in [2.24, 2.45) is 0 Å². The first-order valence-corrected chi connectivity index (χ1v) is 9.05. The smallest absolute Gasteiger partial charge is 0.394 e. The lowest BCUT2D eigenvalue weighted by Crippen LogP contribution is -2.24. The summed E-state index contributed by atoms with van der Waals surface area (Å²) in [4.78, 5) is 37.1. The van der Waals surface area contributed by atoms with Crippen LogP contribution >= 0.6 is 11.6 Å². The number of hydrogen-bond acceptors (Lipinski definition) is 4. The van der Waals surface area contributed by atoms with Gasteiger partial charge in [-0.1, -0.05) is 18.5 Å². The SMILES string of the molecule is CC1CCc2c(Oc3c(Cl)cc(NC(=O)C(=O)O)c4c3CC4)c[nH]c(=O)c21. The van der Waals surface area contributed by atoms with Gasteiger partial charge in [-0.2, -0.15) is 0 Å². The lowest BCUT2D eigenvalue weighted by Gasteiger charge is -2.27. The van der Waals surface area contributed by atoms with E-state index in [9.17, 15) is 14.4 Å². The Hall–Kier alpha value is -2.80. The Labute approximate surface area is 159 Å². The standard InChI is InChI=1S/C19H17ClN2O5/c1-8-2-3-11-14(7-21-17(23)15(8)11)27-16-10-5-4-9(10)13(6-12(16)20)22-18(24)19(25)26/h6-8H,2-5H2,1H3,(H,21,23)(H,22,24)(H,25,26). The maximum absolute atomic E-state index is 12.1. The van der Waals surface area contributed by atoms with Gasteiger partial charge in [-0.15, -0.1) is 0 Å². The number of carboxylic acids is 1. The van der Waals surface area contributed by atoms with E-state index in [4.69, 9.17) is 21.4 Å². The number of H-pyrrole nitrogens is 1. The summed E-state index contributed by atoms with van der Waals surface area (Å²) in [5.74, 6) is -1.43. The topological polar surface area (TPSA) is 108 Å². The lowest BCUT2D eigenvalue weighted by atomic mass is 9.86. The lowest BCUT2D eigenvalue weighted by molar-refractivity contribution is -0.147. The van der Waals surface area contributed by atoms with Crippen LogP contribution < -0.4 is 15.6 Å². The van der Waals surface area contributed by atoms with Gasteiger partial charge in [0, 0.05) is 28.6 Å². The van der Waals surface area contributed by atoms with Crippen LogP contribution in [0.15, 0.2) is 17.1 Å². The zero-order valence-electron chi connectivity index (χ0n) is 14.5. The Morgan fingerprint density at radius 2 is 2.00 bits per heavy atom. The number of rotatable bonds is 3. The fraction of sp³-hybridized carbons (Fsp3) is 0.316. The van der Waals surface area contributed by atoms with E-state index in [0.29, 0.717) is 30.0 Å². The fourth-order valence-corrected chi connectivity index (χ4v) is 4.06. The summed E-state index contributed by atoms with van der Waals surface area (Å²) in [7, 11) is 0. The summed E-state index contributed by atoms with van der Waals surface area (Å²) in [5.41, 5.74) is 3.62. The maximum Gasteiger partial charge on any atom is 0.394 e. The summed E-state index contributed by atoms with van der Waals surface area (Å²) in [6.07, 6.45) is 4.62. The van der Waals surface area contributed by atoms with Gasteiger partial charge in [-0.25, -0.2) is 4.79 Å². The number of anilines is 1. The molecule has 0 fully saturated rings. The molecule has 7 nitrogen and oxygen atoms in total. The number of amides is 1. The number of aliphatic carboxylic acids is 1. The predicted molar refractivity (Wildman–Crippen MR) is 99.0 cm³/mol. The van der Waals surface area contributed by atoms with Crippen molar-refractivity contribution < 1.29 is 19.4 Å². The van der Waals surface area contributed by atoms with E-state index in [-0.39, 0.29) is 16.5 Å². The number of carboxylic acid groups (broad SMARTS) is 1. The summed E-state index contributed by atoms with van der Waals surface area (Å²) in [6, 6.07) is 1.50. The molecule has 0 radical (unpaired) electrons. The van der Waals surface area contributed by atoms with Gasteiger partial charge in [-0.3, -0.25) is 9.59 Å². The van der Waals surface area contributed by atoms with E-state index in [1.54, 1.807) is 6.20 Å². The molecule has 0 saturated carbocycles. The first-order chi connectivity index (χ1) is 12.9. The molecule has 0 bridgehead atoms. The Bertz CT molecular complexity index is 1040. The molecule has 1 amide bonds. The number of nitrogens with one attached hydrogen (secondary N) is 2. The quantitative estimate of drug-likeness (QED) is 0.700. The number of halogens is 1. The molecule has 4 rings (SSSR count). The van der Waals surface area contributed by atoms with Gasteiger partial charge in [0.05, 0.1) is 5.02 Å². The number of hydrogen-bond donors (Lipinski definition) is 3. The molecule has 1 aromatic heterocycles. The van der Waals surface area contributed by atoms with E-state index in [1.165, 1.54) is 6.07 Å². The van der Waals surface area contributed by atoms with Crippen molar-refractivity contribution in [1.29, 1.82) is 0 Å². The number of benzene rings is 1. The van der Waals surface area contributed by atoms with E-state index < -0.39 is 11.9 Å². The number of aromatic amines is 1. The Morgan fingerprint density at radius 1 is 1.26 bits per heavy atom. The predicted octanol–water partition coefficient (Wildman–Crippen LogP) is 2.99. The van der Waals surface area contributed by atoms with Crippen LogP contribution in [0.4, 0.5) is 5.69 Å². The van der Waals surface area contributed by atoms with Crippen molar-refractivity contribution in [3.05, 3.63) is 49.9 Å². The van der Waals surface area contributed by atoms with Crippen molar-refractivity contribution in [3.8, 4) is 11.5 Å². The van der Waals surface area contributed by atoms with E-state index in [1.807, 2.05) is 6.92 Å². The van der Waals surface area contributed by atoms with Crippen LogP contribution in [0, 0.1) is 0 Å². The van der Waals surface area contributed by atoms with Crippen molar-refractivity contribution in [3.63, 3.8) is 0 Å². The Kier molecular flexibility index (Phi) is 4.19. The zero-order chi connectivity index (χ0) is 19.3. The number of ether oxygens (including phenoxy) is 1. The van der Waals surface area contributed by atoms with Crippen LogP contribution in [-0.4, -0.2) is 22.0 Å². The molecule has 8 heteroatoms. The third kappa shape index (κ3) is 2.88. The fourth-order valence-electron chi connectivity index (χ4n) is 3.80. The van der Waals surface area contributed by atoms with Crippen LogP contribution in [-0.2, 0) is 28.9 Å². The van der Waals surface area contributed by atoms with Crippen LogP contribution in [0.5, 0.6) is 11.5 Å². The molecular formula is C19H17ClN2O5. The normalized spacial score (nSPS) is 16.9. The molecule has 0 aliphatic heterocycles. The second-order valence-corrected chi connectivity index (χ2v) is 7.27. The van der Waals surface area contributed by atoms with Gasteiger partial charge in [0.2, 0.25) is 0 Å². The number of pyridine rings is 1. The number of aromatic nitrogens is 1. The first kappa shape index (κ1) is 17.6. The molecule has 140 valence electrons. The Morgan fingerprint density at radius 3 is 2.67 bits per heavy atom. The molecule has 2 aliphatic carbocycles. The van der Waals surface area contributed by atoms with Gasteiger partial charge in [0.25, 0.3) is 5.56 Å². The highest BCUT2D eigenvalue weighted by molar-refractivity contribution is 6.37. The number of carbonyl (C=O) groups excluding carboxylic acids is 1. The first-order valence-electron chi connectivity index (χ1n) is 8.67. The summed E-state index contributed by atoms with van der Waals surface area (Å²) in [6.45, 7) is 2.02. The van der Waals surface area contributed by atoms with E-state index >= 15 is 0 Å². The summed E-state index contributed by atoms with van der Waals surface area (Å²) < 4.78 is 6.09. The minimum Gasteiger partial charge on any atom is -0.474 e. The van der Waals surface area contributed by atoms with Crippen molar-refractivity contribution in [1.82, 2.24) is 4.98 Å². The molecule has 0 saturated heterocycles. The molecule has 3 N–H and O–H groups in total. The van der Waals surface area contributed by atoms with Crippen LogP contribution in [0.2, 0.25) is 5.02 Å². The van der Waals surface area contributed by atoms with Gasteiger partial charge in [-0.05, 0) is 43.2 Å². The highest BCUT2D eigenvalue weighted by Crippen LogP contribution is 2.46. The highest BCUT2D eigenvalue weighted by Gasteiger charge is 2.30. The van der Waals surface area contributed by atoms with E-state index in [0.717, 1.165) is 35.1 Å². The third-order valence-electron chi connectivity index (χ3n) is 5.25. The van der Waals surface area contributed by atoms with Crippen molar-refractivity contribution in [2.45, 2.75) is 38.5 Å². The molecule has 2 aromatic rings. The second-order valence-electron chi connectivity index (χ2n) is 6.87. The molecule has 1 aromatic carbocycles. The minimum atomic E-state index is -1.56. The van der Waals surface area contributed by atoms with E-state index in [2.05, 4.69) is 10.3 Å². The van der Waals surface area contributed by atoms with Gasteiger partial charge in [0.15, 0.2) is 0 Å². The largest absolute Gasteiger partial charge is 0.474 e. The number of fused-ring (bicyclic) bond motifs is 2. The molecular weight excluding hydrogens is 372 g/mol. The van der Waals surface area contributed by atoms with Crippen molar-refractivity contribution >= 4 is 29.2 Å². The highest BCUT2D eigenvalue weighted by atomic mass is 35.5. The molecule has 0 spiro atoms. The monoisotopic (exact) mass is 388 g/mol. The van der Waals surface area contributed by atoms with Crippen molar-refractivity contribution in [2.75, 3.05) is 5.32 Å². The molecule has 1 heterocycles. The second kappa shape index (κ2) is 6.42. The molecule has 1 unspecified atom stereocenters. The van der Waals surface area contributed by atoms with Gasteiger partial charge >= 0.3 is 11.9 Å². The van der Waals surface area contributed by atoms with Crippen LogP contribution in [0.1, 0.15) is 41.5 Å². The van der Waals surface area contributed by atoms with Gasteiger partial charge < -0.3 is 20.1 Å². The molecule has 2 aliphatic rings. The average molecular weight is 389 g/mol. The summed E-state index contributed by atoms with van der Waals surface area (Å²) >= 11 is 6.37. The van der Waals surface area contributed by atoms with Gasteiger partial charge in [0.1, 0.15) is 11.5 Å². The minimum absolute atomic E-state index is 0.0896. The average Bonchev–Trinajstić information content (AvgIpc) is 2.97. The van der Waals surface area contributed by atoms with Crippen LogP contribution in [0.25, 0.3) is 0 Å². The molecule has 1 atom stereocenters. The Balaban J connectivity index is 1.71. The maximum atomic E-state index is 12.1. The number of carbonyl (C=O) groups is 2. The van der Waals surface area contributed by atoms with Crippen LogP contribution in [0.3, 0.4) is 0 Å². The third-order valence-corrected chi connectivity index (χ3v) is 5.53. The summed E-state index contributed by atoms with van der Waals surface area (Å²) in [5, 5.41) is 11.4. The zero-order valence-corrected chi connectivity index (χ0v) is 15.3.